The van der Waals surface area contributed by atoms with Gasteiger partial charge in [-0.2, -0.15) is 0 Å². The van der Waals surface area contributed by atoms with Crippen molar-refractivity contribution in [2.75, 3.05) is 31.7 Å². The second-order valence-electron chi connectivity index (χ2n) is 3.56. The standard InChI is InChI=1S/C10H15ClN4O3S/c1-12-8-4-3-7(11)9(15-8)10(16)14-5-6-19(17,18)13-2/h3-4,13H,5-6H2,1-2H3,(H,12,15)(H,14,16). The largest absolute Gasteiger partial charge is 0.373 e. The van der Waals surface area contributed by atoms with Crippen molar-refractivity contribution in [1.82, 2.24) is 15.0 Å². The highest BCUT2D eigenvalue weighted by Crippen LogP contribution is 2.16. The summed E-state index contributed by atoms with van der Waals surface area (Å²) in [5.41, 5.74) is 0.0513. The molecule has 1 heterocycles. The molecular weight excluding hydrogens is 292 g/mol. The van der Waals surface area contributed by atoms with Crippen molar-refractivity contribution >= 4 is 33.3 Å². The van der Waals surface area contributed by atoms with E-state index >= 15 is 0 Å². The lowest BCUT2D eigenvalue weighted by molar-refractivity contribution is 0.0951. The van der Waals surface area contributed by atoms with E-state index in [1.807, 2.05) is 0 Å². The summed E-state index contributed by atoms with van der Waals surface area (Å²) in [5.74, 6) is -0.232. The molecule has 0 atom stereocenters. The number of hydrogen-bond donors (Lipinski definition) is 3. The fourth-order valence-electron chi connectivity index (χ4n) is 1.23. The molecule has 0 aliphatic heterocycles. The summed E-state index contributed by atoms with van der Waals surface area (Å²) in [5, 5.41) is 5.43. The highest BCUT2D eigenvalue weighted by atomic mass is 35.5. The molecule has 1 aromatic heterocycles. The minimum absolute atomic E-state index is 0.0240. The van der Waals surface area contributed by atoms with E-state index in [1.54, 1.807) is 19.2 Å². The molecule has 0 unspecified atom stereocenters. The molecule has 0 saturated carbocycles. The number of nitrogens with zero attached hydrogens (tertiary/aromatic N) is 1. The van der Waals surface area contributed by atoms with Gasteiger partial charge in [-0.25, -0.2) is 18.1 Å². The van der Waals surface area contributed by atoms with Crippen molar-refractivity contribution in [2.24, 2.45) is 0 Å². The van der Waals surface area contributed by atoms with Gasteiger partial charge in [0.2, 0.25) is 10.0 Å². The second-order valence-corrected chi connectivity index (χ2v) is 6.01. The van der Waals surface area contributed by atoms with E-state index in [4.69, 9.17) is 11.6 Å². The topological polar surface area (TPSA) is 100 Å². The molecule has 19 heavy (non-hydrogen) atoms. The molecule has 0 aliphatic carbocycles. The van der Waals surface area contributed by atoms with Gasteiger partial charge < -0.3 is 10.6 Å². The number of anilines is 1. The lowest BCUT2D eigenvalue weighted by Gasteiger charge is -2.08. The summed E-state index contributed by atoms with van der Waals surface area (Å²) in [6, 6.07) is 3.17. The third-order valence-corrected chi connectivity index (χ3v) is 3.95. The first-order valence-electron chi connectivity index (χ1n) is 5.43. The van der Waals surface area contributed by atoms with Crippen molar-refractivity contribution in [2.45, 2.75) is 0 Å². The van der Waals surface area contributed by atoms with E-state index in [-0.39, 0.29) is 23.0 Å². The van der Waals surface area contributed by atoms with E-state index < -0.39 is 15.9 Å². The zero-order valence-corrected chi connectivity index (χ0v) is 12.1. The third-order valence-electron chi connectivity index (χ3n) is 2.28. The van der Waals surface area contributed by atoms with Crippen LogP contribution in [0.3, 0.4) is 0 Å². The predicted octanol–water partition coefficient (Wildman–Crippen LogP) is 0.0557. The van der Waals surface area contributed by atoms with Crippen molar-refractivity contribution in [3.63, 3.8) is 0 Å². The Balaban J connectivity index is 2.68. The van der Waals surface area contributed by atoms with Crippen LogP contribution in [-0.4, -0.2) is 45.7 Å². The number of pyridine rings is 1. The zero-order valence-electron chi connectivity index (χ0n) is 10.5. The van der Waals surface area contributed by atoms with Crippen LogP contribution in [0.2, 0.25) is 5.02 Å². The Labute approximate surface area is 116 Å². The van der Waals surface area contributed by atoms with Crippen LogP contribution in [0.15, 0.2) is 12.1 Å². The Kier molecular flexibility index (Phi) is 5.52. The number of rotatable bonds is 6. The average Bonchev–Trinajstić information content (AvgIpc) is 2.39. The Morgan fingerprint density at radius 3 is 2.63 bits per heavy atom. The van der Waals surface area contributed by atoms with Crippen molar-refractivity contribution in [3.05, 3.63) is 22.8 Å². The average molecular weight is 307 g/mol. The number of halogens is 1. The van der Waals surface area contributed by atoms with E-state index in [2.05, 4.69) is 20.3 Å². The molecule has 106 valence electrons. The first kappa shape index (κ1) is 15.7. The second kappa shape index (κ2) is 6.69. The maximum Gasteiger partial charge on any atom is 0.271 e. The summed E-state index contributed by atoms with van der Waals surface area (Å²) in [6.45, 7) is -0.0240. The Morgan fingerprint density at radius 1 is 1.37 bits per heavy atom. The molecule has 0 aromatic carbocycles. The normalized spacial score (nSPS) is 11.1. The quantitative estimate of drug-likeness (QED) is 0.690. The van der Waals surface area contributed by atoms with Gasteiger partial charge in [0, 0.05) is 13.6 Å². The van der Waals surface area contributed by atoms with Gasteiger partial charge in [0.25, 0.3) is 5.91 Å². The Morgan fingerprint density at radius 2 is 2.05 bits per heavy atom. The molecule has 0 saturated heterocycles. The van der Waals surface area contributed by atoms with E-state index in [1.165, 1.54) is 7.05 Å². The molecule has 7 nitrogen and oxygen atoms in total. The van der Waals surface area contributed by atoms with Gasteiger partial charge in [0.1, 0.15) is 11.5 Å². The minimum atomic E-state index is -3.35. The van der Waals surface area contributed by atoms with Crippen LogP contribution in [0.1, 0.15) is 10.5 Å². The summed E-state index contributed by atoms with van der Waals surface area (Å²) in [7, 11) is -0.375. The molecule has 1 amide bonds. The van der Waals surface area contributed by atoms with Gasteiger partial charge in [-0.1, -0.05) is 11.6 Å². The summed E-state index contributed by atoms with van der Waals surface area (Å²) >= 11 is 5.86. The van der Waals surface area contributed by atoms with Crippen molar-refractivity contribution < 1.29 is 13.2 Å². The lowest BCUT2D eigenvalue weighted by atomic mass is 10.3. The fraction of sp³-hybridized carbons (Fsp3) is 0.400. The van der Waals surface area contributed by atoms with Gasteiger partial charge in [0.05, 0.1) is 10.8 Å². The number of sulfonamides is 1. The Bertz CT molecular complexity index is 562. The monoisotopic (exact) mass is 306 g/mol. The molecule has 0 bridgehead atoms. The number of nitrogens with one attached hydrogen (secondary N) is 3. The van der Waals surface area contributed by atoms with Crippen molar-refractivity contribution in [1.29, 1.82) is 0 Å². The van der Waals surface area contributed by atoms with E-state index in [0.29, 0.717) is 5.82 Å². The molecule has 0 radical (unpaired) electrons. The summed E-state index contributed by atoms with van der Waals surface area (Å²) < 4.78 is 24.5. The van der Waals surface area contributed by atoms with Gasteiger partial charge in [-0.3, -0.25) is 4.79 Å². The number of amides is 1. The van der Waals surface area contributed by atoms with Gasteiger partial charge in [0.15, 0.2) is 0 Å². The van der Waals surface area contributed by atoms with Crippen LogP contribution >= 0.6 is 11.6 Å². The molecule has 0 aliphatic rings. The minimum Gasteiger partial charge on any atom is -0.373 e. The summed E-state index contributed by atoms with van der Waals surface area (Å²) in [6.07, 6.45) is 0. The molecule has 9 heteroatoms. The molecule has 1 aromatic rings. The maximum atomic E-state index is 11.8. The summed E-state index contributed by atoms with van der Waals surface area (Å²) in [4.78, 5) is 15.8. The smallest absolute Gasteiger partial charge is 0.271 e. The van der Waals surface area contributed by atoms with Crippen LogP contribution in [0, 0.1) is 0 Å². The third kappa shape index (κ3) is 4.66. The van der Waals surface area contributed by atoms with E-state index in [0.717, 1.165) is 0 Å². The number of carbonyl (C=O) groups is 1. The van der Waals surface area contributed by atoms with Crippen molar-refractivity contribution in [3.8, 4) is 0 Å². The van der Waals surface area contributed by atoms with E-state index in [9.17, 15) is 13.2 Å². The van der Waals surface area contributed by atoms with Crippen LogP contribution in [0.4, 0.5) is 5.82 Å². The highest BCUT2D eigenvalue weighted by molar-refractivity contribution is 7.89. The lowest BCUT2D eigenvalue weighted by Crippen LogP contribution is -2.33. The van der Waals surface area contributed by atoms with Crippen LogP contribution in [-0.2, 0) is 10.0 Å². The number of aromatic nitrogens is 1. The van der Waals surface area contributed by atoms with Crippen LogP contribution in [0.5, 0.6) is 0 Å². The fourth-order valence-corrected chi connectivity index (χ4v) is 1.99. The molecule has 1 rings (SSSR count). The Hall–Kier alpha value is -1.38. The molecule has 0 spiro atoms. The SMILES string of the molecule is CNc1ccc(Cl)c(C(=O)NCCS(=O)(=O)NC)n1. The van der Waals surface area contributed by atoms with Gasteiger partial charge in [-0.15, -0.1) is 0 Å². The zero-order chi connectivity index (χ0) is 14.5. The predicted molar refractivity (Wildman–Crippen MR) is 74.0 cm³/mol. The highest BCUT2D eigenvalue weighted by Gasteiger charge is 2.14. The first-order valence-corrected chi connectivity index (χ1v) is 7.46. The molecule has 0 fully saturated rings. The van der Waals surface area contributed by atoms with Crippen LogP contribution < -0.4 is 15.4 Å². The van der Waals surface area contributed by atoms with Gasteiger partial charge >= 0.3 is 0 Å². The van der Waals surface area contributed by atoms with Gasteiger partial charge in [-0.05, 0) is 19.2 Å². The number of hydrogen-bond acceptors (Lipinski definition) is 5. The first-order chi connectivity index (χ1) is 8.89. The number of carbonyl (C=O) groups excluding carboxylic acids is 1. The molecule has 3 N–H and O–H groups in total. The molecular formula is C10H15ClN4O3S. The van der Waals surface area contributed by atoms with Crippen LogP contribution in [0.25, 0.3) is 0 Å². The maximum absolute atomic E-state index is 11.8.